The first-order valence-corrected chi connectivity index (χ1v) is 13.1. The van der Waals surface area contributed by atoms with E-state index < -0.39 is 97.0 Å². The highest BCUT2D eigenvalue weighted by Crippen LogP contribution is 2.01. The number of rotatable bonds is 18. The molecule has 2 aromatic heterocycles. The van der Waals surface area contributed by atoms with Gasteiger partial charge in [-0.1, -0.05) is 0 Å². The summed E-state index contributed by atoms with van der Waals surface area (Å²) < 4.78 is 0. The van der Waals surface area contributed by atoms with Crippen molar-refractivity contribution in [3.8, 4) is 0 Å². The van der Waals surface area contributed by atoms with Crippen molar-refractivity contribution in [1.29, 1.82) is 0 Å². The Morgan fingerprint density at radius 2 is 1.00 bits per heavy atom. The molecule has 0 aromatic carbocycles. The number of H-pyrrole nitrogens is 2. The van der Waals surface area contributed by atoms with E-state index in [2.05, 4.69) is 51.8 Å². The second-order valence-electron chi connectivity index (χ2n) is 9.22. The first kappa shape index (κ1) is 35.7. The zero-order valence-corrected chi connectivity index (χ0v) is 23.9. The highest BCUT2D eigenvalue weighted by Gasteiger charge is 2.25. The molecule has 0 saturated heterocycles. The highest BCUT2D eigenvalue weighted by molar-refractivity contribution is 6.05. The number of carbonyl (C=O) groups excluding carboxylic acids is 6. The molecule has 46 heavy (non-hydrogen) atoms. The fraction of sp³-hybridized carbons (Fsp3) is 0.333. The van der Waals surface area contributed by atoms with Crippen molar-refractivity contribution in [2.24, 2.45) is 11.5 Å². The van der Waals surface area contributed by atoms with Gasteiger partial charge in [0.1, 0.15) is 36.6 Å². The van der Waals surface area contributed by atoms with Gasteiger partial charge in [0.25, 0.3) is 11.8 Å². The van der Waals surface area contributed by atoms with E-state index in [0.29, 0.717) is 11.4 Å². The number of carboxylic acids is 2. The molecule has 2 unspecified atom stereocenters. The van der Waals surface area contributed by atoms with Crippen molar-refractivity contribution in [2.45, 2.75) is 24.9 Å². The van der Waals surface area contributed by atoms with E-state index in [1.807, 2.05) is 0 Å². The molecule has 0 saturated carbocycles. The molecule has 22 heteroatoms. The molecule has 22 nitrogen and oxygen atoms in total. The maximum atomic E-state index is 12.4. The van der Waals surface area contributed by atoms with Gasteiger partial charge in [0.05, 0.1) is 25.7 Å². The lowest BCUT2D eigenvalue weighted by molar-refractivity contribution is -0.138. The summed E-state index contributed by atoms with van der Waals surface area (Å²) in [5.41, 5.74) is 10.5. The molecular weight excluding hydrogens is 616 g/mol. The number of aromatic nitrogens is 4. The number of hydrogen-bond acceptors (Lipinski definition) is 12. The van der Waals surface area contributed by atoms with Crippen molar-refractivity contribution in [1.82, 2.24) is 51.8 Å². The van der Waals surface area contributed by atoms with E-state index in [1.54, 1.807) is 0 Å². The first-order chi connectivity index (χ1) is 21.8. The number of aliphatic carboxylic acids is 2. The third-order valence-corrected chi connectivity index (χ3v) is 5.69. The average Bonchev–Trinajstić information content (AvgIpc) is 3.73. The van der Waals surface area contributed by atoms with Gasteiger partial charge in [-0.25, -0.2) is 9.97 Å². The number of imidazole rings is 2. The number of hydrogen-bond donors (Lipinski definition) is 12. The van der Waals surface area contributed by atoms with Crippen LogP contribution < -0.4 is 43.4 Å². The summed E-state index contributed by atoms with van der Waals surface area (Å²) >= 11 is 0. The smallest absolute Gasteiger partial charge is 0.322 e. The molecule has 2 rings (SSSR count). The lowest BCUT2D eigenvalue weighted by Crippen LogP contribution is -2.52. The van der Waals surface area contributed by atoms with Crippen LogP contribution in [0.3, 0.4) is 0 Å². The molecule has 0 aliphatic heterocycles. The second kappa shape index (κ2) is 17.6. The number of carboxylic acid groups (broad SMARTS) is 2. The number of nitrogens with one attached hydrogen (secondary N) is 8. The molecule has 0 radical (unpaired) electrons. The minimum Gasteiger partial charge on any atom is -0.480 e. The van der Waals surface area contributed by atoms with Gasteiger partial charge in [-0.2, -0.15) is 0 Å². The molecule has 6 amide bonds. The van der Waals surface area contributed by atoms with Crippen LogP contribution in [0.2, 0.25) is 0 Å². The maximum absolute atomic E-state index is 12.4. The van der Waals surface area contributed by atoms with E-state index >= 15 is 0 Å². The molecule has 0 fully saturated rings. The van der Waals surface area contributed by atoms with Crippen LogP contribution in [-0.4, -0.2) is 116 Å². The number of nitrogens with zero attached hydrogens (tertiary/aromatic N) is 2. The number of carbonyl (C=O) groups is 8. The predicted octanol–water partition coefficient (Wildman–Crippen LogP) is -6.35. The van der Waals surface area contributed by atoms with Crippen LogP contribution in [0.5, 0.6) is 0 Å². The summed E-state index contributed by atoms with van der Waals surface area (Å²) in [5, 5.41) is 30.7. The van der Waals surface area contributed by atoms with Crippen molar-refractivity contribution in [3.63, 3.8) is 0 Å². The summed E-state index contributed by atoms with van der Waals surface area (Å²) in [6.45, 7) is -2.87. The molecule has 248 valence electrons. The molecule has 2 atom stereocenters. The van der Waals surface area contributed by atoms with E-state index in [4.69, 9.17) is 21.7 Å². The van der Waals surface area contributed by atoms with Gasteiger partial charge in [-0.15, -0.1) is 0 Å². The molecule has 2 aromatic rings. The summed E-state index contributed by atoms with van der Waals surface area (Å²) in [5.74, 6) is -8.34. The molecule has 0 bridgehead atoms. The molecular formula is C24H32N12O10. The third-order valence-electron chi connectivity index (χ3n) is 5.69. The van der Waals surface area contributed by atoms with Crippen LogP contribution in [0.15, 0.2) is 36.4 Å². The van der Waals surface area contributed by atoms with Crippen LogP contribution in [0.4, 0.5) is 0 Å². The van der Waals surface area contributed by atoms with Crippen LogP contribution in [0.1, 0.15) is 11.4 Å². The zero-order valence-electron chi connectivity index (χ0n) is 23.9. The standard InChI is InChI=1S/C24H32N12O10/c25-19(23(45)29-5-15(37)35-13(1-11-3-27-9-33-11)21(43)31-7-17(39)40)20(26)24(46)30-6-16(38)36-14(2-12-4-28-10-34-12)22(44)32-8-18(41)42/h3-4,9-10,13-14H,1-2,5-8,25-26H2,(H,27,33)(H,28,34)(H,29,45)(H,30,46)(H,31,43)(H,32,44)(H,35,37)(H,36,38)(H,39,40)(H,41,42)/b20-19+. The minimum absolute atomic E-state index is 0.0925. The van der Waals surface area contributed by atoms with E-state index in [0.717, 1.165) is 0 Å². The maximum Gasteiger partial charge on any atom is 0.322 e. The predicted molar refractivity (Wildman–Crippen MR) is 151 cm³/mol. The lowest BCUT2D eigenvalue weighted by Gasteiger charge is -2.18. The Morgan fingerprint density at radius 1 is 0.630 bits per heavy atom. The fourth-order valence-electron chi connectivity index (χ4n) is 3.47. The molecule has 14 N–H and O–H groups in total. The van der Waals surface area contributed by atoms with E-state index in [9.17, 15) is 38.4 Å². The minimum atomic E-state index is -1.31. The zero-order chi connectivity index (χ0) is 34.2. The Morgan fingerprint density at radius 3 is 1.30 bits per heavy atom. The van der Waals surface area contributed by atoms with Crippen LogP contribution in [-0.2, 0) is 51.2 Å². The number of amides is 6. The number of aromatic amines is 2. The SMILES string of the molecule is N/C(C(=O)NCC(=O)NC(Cc1cnc[nH]1)C(=O)NCC(=O)O)=C(/N)C(=O)NCC(=O)NC(Cc1cnc[nH]1)C(=O)NCC(=O)O. The molecule has 2 heterocycles. The Bertz CT molecular complexity index is 1350. The lowest BCUT2D eigenvalue weighted by atomic mass is 10.1. The van der Waals surface area contributed by atoms with E-state index in [-0.39, 0.29) is 12.8 Å². The Labute approximate surface area is 258 Å². The molecule has 0 spiro atoms. The van der Waals surface area contributed by atoms with Crippen LogP contribution >= 0.6 is 0 Å². The molecule has 0 aliphatic carbocycles. The first-order valence-electron chi connectivity index (χ1n) is 13.1. The van der Waals surface area contributed by atoms with Gasteiger partial charge in [0.2, 0.25) is 23.6 Å². The summed E-state index contributed by atoms with van der Waals surface area (Å²) in [7, 11) is 0. The van der Waals surface area contributed by atoms with Crippen molar-refractivity contribution < 1.29 is 48.6 Å². The summed E-state index contributed by atoms with van der Waals surface area (Å²) in [6.07, 6.45) is 5.24. The van der Waals surface area contributed by atoms with Gasteiger partial charge < -0.3 is 63.5 Å². The fourth-order valence-corrected chi connectivity index (χ4v) is 3.47. The van der Waals surface area contributed by atoms with Crippen molar-refractivity contribution in [2.75, 3.05) is 26.2 Å². The normalized spacial score (nSPS) is 12.3. The topological polar surface area (TPSA) is 359 Å². The third kappa shape index (κ3) is 12.4. The Kier molecular flexibility index (Phi) is 13.7. The largest absolute Gasteiger partial charge is 0.480 e. The van der Waals surface area contributed by atoms with Gasteiger partial charge in [0, 0.05) is 36.6 Å². The summed E-state index contributed by atoms with van der Waals surface area (Å²) in [6, 6.07) is -2.50. The van der Waals surface area contributed by atoms with Crippen molar-refractivity contribution >= 4 is 47.4 Å². The van der Waals surface area contributed by atoms with Crippen LogP contribution in [0, 0.1) is 0 Å². The van der Waals surface area contributed by atoms with Gasteiger partial charge in [-0.05, 0) is 0 Å². The van der Waals surface area contributed by atoms with Gasteiger partial charge in [0.15, 0.2) is 0 Å². The van der Waals surface area contributed by atoms with Crippen molar-refractivity contribution in [3.05, 3.63) is 47.8 Å². The van der Waals surface area contributed by atoms with Gasteiger partial charge >= 0.3 is 11.9 Å². The van der Waals surface area contributed by atoms with E-state index in [1.165, 1.54) is 25.0 Å². The monoisotopic (exact) mass is 648 g/mol. The Hall–Kier alpha value is -6.48. The number of nitrogens with two attached hydrogens (primary N) is 2. The Balaban J connectivity index is 1.91. The molecule has 0 aliphatic rings. The van der Waals surface area contributed by atoms with Crippen LogP contribution in [0.25, 0.3) is 0 Å². The quantitative estimate of drug-likeness (QED) is 0.0669. The highest BCUT2D eigenvalue weighted by atomic mass is 16.4. The summed E-state index contributed by atoms with van der Waals surface area (Å²) in [4.78, 5) is 109. The average molecular weight is 649 g/mol. The van der Waals surface area contributed by atoms with Gasteiger partial charge in [-0.3, -0.25) is 38.4 Å². The second-order valence-corrected chi connectivity index (χ2v) is 9.22.